The summed E-state index contributed by atoms with van der Waals surface area (Å²) in [5, 5.41) is 0. The second-order valence-electron chi connectivity index (χ2n) is 4.28. The van der Waals surface area contributed by atoms with E-state index in [1.165, 1.54) is 0 Å². The van der Waals surface area contributed by atoms with Gasteiger partial charge in [-0.3, -0.25) is 4.79 Å². The number of rotatable bonds is 3. The van der Waals surface area contributed by atoms with Crippen molar-refractivity contribution in [3.63, 3.8) is 0 Å². The molecule has 0 spiro atoms. The Labute approximate surface area is 91.8 Å². The molecule has 1 fully saturated rings. The van der Waals surface area contributed by atoms with Crippen LogP contribution in [0.2, 0.25) is 0 Å². The number of hydrogen-bond acceptors (Lipinski definition) is 3. The Morgan fingerprint density at radius 1 is 1.67 bits per heavy atom. The van der Waals surface area contributed by atoms with Crippen molar-refractivity contribution in [2.45, 2.75) is 38.8 Å². The fraction of sp³-hybridized carbons (Fsp3) is 0.909. The molecule has 1 heterocycles. The van der Waals surface area contributed by atoms with Gasteiger partial charge < -0.3 is 15.4 Å². The number of hydrogen-bond donors (Lipinski definition) is 1. The molecule has 0 saturated carbocycles. The van der Waals surface area contributed by atoms with Gasteiger partial charge in [0.25, 0.3) is 5.91 Å². The molecule has 0 aliphatic carbocycles. The molecule has 88 valence electrons. The quantitative estimate of drug-likeness (QED) is 0.749. The molecule has 1 amide bonds. The lowest BCUT2D eigenvalue weighted by atomic mass is 9.90. The standard InChI is InChI=1S/C11H22N2O2/c1-4-9-7-13(6-5-10(9)12)11(14)8(2)15-3/h8-10H,4-7,12H2,1-3H3. The Kier molecular flexibility index (Phi) is 4.54. The number of piperidine rings is 1. The summed E-state index contributed by atoms with van der Waals surface area (Å²) in [7, 11) is 1.57. The second-order valence-corrected chi connectivity index (χ2v) is 4.28. The summed E-state index contributed by atoms with van der Waals surface area (Å²) < 4.78 is 5.04. The molecule has 1 saturated heterocycles. The first-order valence-electron chi connectivity index (χ1n) is 5.67. The highest BCUT2D eigenvalue weighted by atomic mass is 16.5. The average molecular weight is 214 g/mol. The number of amides is 1. The van der Waals surface area contributed by atoms with Crippen LogP contribution in [0.25, 0.3) is 0 Å². The summed E-state index contributed by atoms with van der Waals surface area (Å²) in [4.78, 5) is 13.7. The van der Waals surface area contributed by atoms with Gasteiger partial charge in [-0.25, -0.2) is 0 Å². The number of methoxy groups -OCH3 is 1. The maximum atomic E-state index is 11.9. The fourth-order valence-corrected chi connectivity index (χ4v) is 2.04. The normalized spacial score (nSPS) is 28.9. The predicted molar refractivity (Wildman–Crippen MR) is 59.4 cm³/mol. The van der Waals surface area contributed by atoms with E-state index < -0.39 is 0 Å². The smallest absolute Gasteiger partial charge is 0.251 e. The zero-order valence-corrected chi connectivity index (χ0v) is 9.90. The molecular formula is C11H22N2O2. The molecular weight excluding hydrogens is 192 g/mol. The maximum Gasteiger partial charge on any atom is 0.251 e. The molecule has 1 rings (SSSR count). The van der Waals surface area contributed by atoms with Gasteiger partial charge in [-0.15, -0.1) is 0 Å². The van der Waals surface area contributed by atoms with Gasteiger partial charge in [0.05, 0.1) is 0 Å². The second kappa shape index (κ2) is 5.47. The van der Waals surface area contributed by atoms with Crippen LogP contribution in [0.1, 0.15) is 26.7 Å². The van der Waals surface area contributed by atoms with Crippen molar-refractivity contribution in [2.24, 2.45) is 11.7 Å². The third-order valence-corrected chi connectivity index (χ3v) is 3.33. The monoisotopic (exact) mass is 214 g/mol. The van der Waals surface area contributed by atoms with Crippen LogP contribution in [-0.4, -0.2) is 43.2 Å². The minimum Gasteiger partial charge on any atom is -0.372 e. The van der Waals surface area contributed by atoms with Gasteiger partial charge in [0.15, 0.2) is 0 Å². The first-order valence-corrected chi connectivity index (χ1v) is 5.67. The lowest BCUT2D eigenvalue weighted by molar-refractivity contribution is -0.143. The molecule has 0 aromatic carbocycles. The van der Waals surface area contributed by atoms with Gasteiger partial charge in [0, 0.05) is 26.2 Å². The largest absolute Gasteiger partial charge is 0.372 e. The Bertz CT molecular complexity index is 221. The van der Waals surface area contributed by atoms with E-state index >= 15 is 0 Å². The van der Waals surface area contributed by atoms with E-state index in [0.29, 0.717) is 5.92 Å². The minimum absolute atomic E-state index is 0.0860. The molecule has 0 radical (unpaired) electrons. The van der Waals surface area contributed by atoms with E-state index in [0.717, 1.165) is 25.9 Å². The molecule has 1 aliphatic heterocycles. The van der Waals surface area contributed by atoms with Crippen molar-refractivity contribution < 1.29 is 9.53 Å². The number of likely N-dealkylation sites (tertiary alicyclic amines) is 1. The topological polar surface area (TPSA) is 55.6 Å². The van der Waals surface area contributed by atoms with Crippen LogP contribution < -0.4 is 5.73 Å². The summed E-state index contributed by atoms with van der Waals surface area (Å²) in [5.74, 6) is 0.523. The minimum atomic E-state index is -0.336. The van der Waals surface area contributed by atoms with Gasteiger partial charge in [-0.2, -0.15) is 0 Å². The van der Waals surface area contributed by atoms with Crippen LogP contribution in [0.15, 0.2) is 0 Å². The summed E-state index contributed by atoms with van der Waals surface area (Å²) in [6.45, 7) is 5.46. The van der Waals surface area contributed by atoms with Gasteiger partial charge in [0.2, 0.25) is 0 Å². The van der Waals surface area contributed by atoms with E-state index in [4.69, 9.17) is 10.5 Å². The van der Waals surface area contributed by atoms with Gasteiger partial charge in [0.1, 0.15) is 6.10 Å². The number of ether oxygens (including phenoxy) is 1. The highest BCUT2D eigenvalue weighted by Gasteiger charge is 2.29. The summed E-state index contributed by atoms with van der Waals surface area (Å²) in [6, 6.07) is 0.247. The molecule has 0 aromatic rings. The van der Waals surface area contributed by atoms with Gasteiger partial charge >= 0.3 is 0 Å². The van der Waals surface area contributed by atoms with Crippen LogP contribution in [0, 0.1) is 5.92 Å². The maximum absolute atomic E-state index is 11.9. The van der Waals surface area contributed by atoms with Crippen LogP contribution >= 0.6 is 0 Å². The Balaban J connectivity index is 2.54. The highest BCUT2D eigenvalue weighted by Crippen LogP contribution is 2.19. The van der Waals surface area contributed by atoms with Crippen molar-refractivity contribution in [2.75, 3.05) is 20.2 Å². The molecule has 1 aliphatic rings. The molecule has 2 N–H and O–H groups in total. The fourth-order valence-electron chi connectivity index (χ4n) is 2.04. The molecule has 4 heteroatoms. The van der Waals surface area contributed by atoms with Crippen LogP contribution in [0.5, 0.6) is 0 Å². The van der Waals surface area contributed by atoms with Crippen molar-refractivity contribution in [3.8, 4) is 0 Å². The predicted octanol–water partition coefficient (Wildman–Crippen LogP) is 0.607. The Morgan fingerprint density at radius 3 is 2.87 bits per heavy atom. The zero-order valence-electron chi connectivity index (χ0n) is 9.90. The lowest BCUT2D eigenvalue weighted by Crippen LogP contribution is -2.51. The van der Waals surface area contributed by atoms with Crippen LogP contribution in [0.4, 0.5) is 0 Å². The Hall–Kier alpha value is -0.610. The highest BCUT2D eigenvalue weighted by molar-refractivity contribution is 5.80. The zero-order chi connectivity index (χ0) is 11.4. The number of nitrogens with zero attached hydrogens (tertiary/aromatic N) is 1. The van der Waals surface area contributed by atoms with Gasteiger partial charge in [-0.1, -0.05) is 13.3 Å². The van der Waals surface area contributed by atoms with Crippen molar-refractivity contribution >= 4 is 5.91 Å². The van der Waals surface area contributed by atoms with Crippen molar-refractivity contribution in [1.29, 1.82) is 0 Å². The number of nitrogens with two attached hydrogens (primary N) is 1. The molecule has 4 nitrogen and oxygen atoms in total. The van der Waals surface area contributed by atoms with E-state index in [1.54, 1.807) is 14.0 Å². The van der Waals surface area contributed by atoms with E-state index in [1.807, 2.05) is 4.90 Å². The van der Waals surface area contributed by atoms with E-state index in [-0.39, 0.29) is 18.1 Å². The SMILES string of the molecule is CCC1CN(C(=O)C(C)OC)CCC1N. The summed E-state index contributed by atoms with van der Waals surface area (Å²) >= 11 is 0. The number of carbonyl (C=O) groups is 1. The average Bonchev–Trinajstić information content (AvgIpc) is 2.27. The lowest BCUT2D eigenvalue weighted by Gasteiger charge is -2.37. The summed E-state index contributed by atoms with van der Waals surface area (Å²) in [6.07, 6.45) is 1.60. The molecule has 3 atom stereocenters. The third-order valence-electron chi connectivity index (χ3n) is 3.33. The molecule has 0 aromatic heterocycles. The van der Waals surface area contributed by atoms with Crippen LogP contribution in [0.3, 0.4) is 0 Å². The van der Waals surface area contributed by atoms with Crippen LogP contribution in [-0.2, 0) is 9.53 Å². The first-order chi connectivity index (χ1) is 7.10. The molecule has 0 bridgehead atoms. The first kappa shape index (κ1) is 12.5. The Morgan fingerprint density at radius 2 is 2.33 bits per heavy atom. The molecule has 3 unspecified atom stereocenters. The number of carbonyl (C=O) groups excluding carboxylic acids is 1. The third kappa shape index (κ3) is 2.92. The van der Waals surface area contributed by atoms with Crippen molar-refractivity contribution in [3.05, 3.63) is 0 Å². The van der Waals surface area contributed by atoms with E-state index in [2.05, 4.69) is 6.92 Å². The van der Waals surface area contributed by atoms with E-state index in [9.17, 15) is 4.79 Å². The van der Waals surface area contributed by atoms with Crippen molar-refractivity contribution in [1.82, 2.24) is 4.90 Å². The van der Waals surface area contributed by atoms with Gasteiger partial charge in [-0.05, 0) is 19.3 Å². The molecule has 15 heavy (non-hydrogen) atoms. The summed E-state index contributed by atoms with van der Waals surface area (Å²) in [5.41, 5.74) is 5.99.